The van der Waals surface area contributed by atoms with Crippen LogP contribution >= 0.6 is 0 Å². The molecule has 156 valence electrons. The van der Waals surface area contributed by atoms with E-state index in [9.17, 15) is 4.79 Å². The van der Waals surface area contributed by atoms with E-state index in [0.717, 1.165) is 50.6 Å². The zero-order valence-electron chi connectivity index (χ0n) is 17.7. The summed E-state index contributed by atoms with van der Waals surface area (Å²) < 4.78 is 5.24. The Balaban J connectivity index is 1.50. The zero-order valence-corrected chi connectivity index (χ0v) is 17.7. The number of piperazine rings is 1. The third-order valence-electron chi connectivity index (χ3n) is 5.25. The summed E-state index contributed by atoms with van der Waals surface area (Å²) in [6.45, 7) is 6.37. The van der Waals surface area contributed by atoms with E-state index < -0.39 is 0 Å². The first-order valence-electron chi connectivity index (χ1n) is 10.2. The predicted octanol–water partition coefficient (Wildman–Crippen LogP) is 2.31. The number of rotatable bonds is 8. The Morgan fingerprint density at radius 3 is 2.45 bits per heavy atom. The lowest BCUT2D eigenvalue weighted by Crippen LogP contribution is -2.46. The van der Waals surface area contributed by atoms with Gasteiger partial charge in [0.05, 0.1) is 7.11 Å². The van der Waals surface area contributed by atoms with Gasteiger partial charge in [0.15, 0.2) is 0 Å². The number of nitrogens with one attached hydrogen (secondary N) is 1. The molecular weight excluding hydrogens is 364 g/mol. The minimum atomic E-state index is -0.00183. The number of likely N-dealkylation sites (N-methyl/N-ethyl adjacent to an activating group) is 1. The number of carbonyl (C=O) groups is 1. The van der Waals surface area contributed by atoms with Crippen molar-refractivity contribution in [1.29, 1.82) is 0 Å². The Kier molecular flexibility index (Phi) is 7.49. The van der Waals surface area contributed by atoms with Crippen LogP contribution in [0.2, 0.25) is 0 Å². The average Bonchev–Trinajstić information content (AvgIpc) is 2.74. The Bertz CT molecular complexity index is 784. The van der Waals surface area contributed by atoms with Gasteiger partial charge in [-0.1, -0.05) is 12.1 Å². The maximum atomic E-state index is 12.4. The van der Waals surface area contributed by atoms with Crippen LogP contribution in [-0.4, -0.2) is 76.2 Å². The van der Waals surface area contributed by atoms with Crippen LogP contribution in [0.1, 0.15) is 15.9 Å². The first-order valence-corrected chi connectivity index (χ1v) is 10.2. The van der Waals surface area contributed by atoms with E-state index >= 15 is 0 Å². The Labute approximate surface area is 174 Å². The molecule has 2 aromatic carbocycles. The molecule has 3 rings (SSSR count). The van der Waals surface area contributed by atoms with Gasteiger partial charge in [0.1, 0.15) is 5.75 Å². The van der Waals surface area contributed by atoms with Gasteiger partial charge in [-0.15, -0.1) is 0 Å². The quantitative estimate of drug-likeness (QED) is 0.742. The molecule has 0 aliphatic carbocycles. The number of carbonyl (C=O) groups excluding carboxylic acids is 1. The molecule has 1 aliphatic heterocycles. The smallest absolute Gasteiger partial charge is 0.251 e. The van der Waals surface area contributed by atoms with E-state index in [2.05, 4.69) is 38.2 Å². The Morgan fingerprint density at radius 1 is 1.07 bits per heavy atom. The van der Waals surface area contributed by atoms with E-state index in [0.29, 0.717) is 6.54 Å². The van der Waals surface area contributed by atoms with Gasteiger partial charge in [0.25, 0.3) is 5.91 Å². The van der Waals surface area contributed by atoms with Gasteiger partial charge in [0, 0.05) is 57.1 Å². The van der Waals surface area contributed by atoms with Gasteiger partial charge in [0.2, 0.25) is 0 Å². The second-order valence-electron chi connectivity index (χ2n) is 7.72. The summed E-state index contributed by atoms with van der Waals surface area (Å²) in [6, 6.07) is 16.2. The number of benzene rings is 2. The monoisotopic (exact) mass is 396 g/mol. The average molecular weight is 397 g/mol. The van der Waals surface area contributed by atoms with Crippen molar-refractivity contribution in [1.82, 2.24) is 15.1 Å². The molecule has 0 unspecified atom stereocenters. The second kappa shape index (κ2) is 10.3. The van der Waals surface area contributed by atoms with Gasteiger partial charge in [-0.05, 0) is 56.1 Å². The molecule has 2 aromatic rings. The lowest BCUT2D eigenvalue weighted by molar-refractivity contribution is 0.0951. The third kappa shape index (κ3) is 6.21. The molecule has 0 spiro atoms. The highest BCUT2D eigenvalue weighted by atomic mass is 16.5. The molecule has 0 saturated carbocycles. The highest BCUT2D eigenvalue weighted by Crippen LogP contribution is 2.21. The normalized spacial score (nSPS) is 14.8. The molecule has 1 N–H and O–H groups in total. The molecule has 6 heteroatoms. The summed E-state index contributed by atoms with van der Waals surface area (Å²) in [5.41, 5.74) is 3.16. The maximum Gasteiger partial charge on any atom is 0.251 e. The fourth-order valence-electron chi connectivity index (χ4n) is 3.52. The summed E-state index contributed by atoms with van der Waals surface area (Å²) in [5.74, 6) is 0.885. The van der Waals surface area contributed by atoms with Crippen molar-refractivity contribution >= 4 is 11.6 Å². The number of hydrogen-bond donors (Lipinski definition) is 1. The molecule has 0 atom stereocenters. The van der Waals surface area contributed by atoms with Crippen LogP contribution in [0.4, 0.5) is 5.69 Å². The topological polar surface area (TPSA) is 48.1 Å². The number of nitrogens with zero attached hydrogens (tertiary/aromatic N) is 3. The van der Waals surface area contributed by atoms with Crippen LogP contribution < -0.4 is 15.0 Å². The summed E-state index contributed by atoms with van der Waals surface area (Å²) in [7, 11) is 5.69. The summed E-state index contributed by atoms with van der Waals surface area (Å²) in [4.78, 5) is 19.3. The largest absolute Gasteiger partial charge is 0.497 e. The van der Waals surface area contributed by atoms with Crippen molar-refractivity contribution in [3.8, 4) is 5.75 Å². The fourth-order valence-corrected chi connectivity index (χ4v) is 3.52. The van der Waals surface area contributed by atoms with Crippen LogP contribution in [0.15, 0.2) is 48.5 Å². The van der Waals surface area contributed by atoms with Gasteiger partial charge in [-0.2, -0.15) is 0 Å². The van der Waals surface area contributed by atoms with Crippen molar-refractivity contribution in [2.75, 3.05) is 65.4 Å². The minimum Gasteiger partial charge on any atom is -0.497 e. The van der Waals surface area contributed by atoms with Crippen molar-refractivity contribution in [2.45, 2.75) is 6.54 Å². The summed E-state index contributed by atoms with van der Waals surface area (Å²) in [5, 5.41) is 2.98. The molecule has 1 amide bonds. The van der Waals surface area contributed by atoms with E-state index in [1.54, 1.807) is 7.11 Å². The van der Waals surface area contributed by atoms with Crippen molar-refractivity contribution < 1.29 is 9.53 Å². The van der Waals surface area contributed by atoms with Gasteiger partial charge >= 0.3 is 0 Å². The number of hydrogen-bond acceptors (Lipinski definition) is 5. The van der Waals surface area contributed by atoms with Gasteiger partial charge in [-0.3, -0.25) is 9.69 Å². The highest BCUT2D eigenvalue weighted by molar-refractivity contribution is 5.94. The standard InChI is InChI=1S/C23H32N4O2/c1-25(2)12-11-24-23(28)20-6-4-5-19(17-20)18-26-13-15-27(16-14-26)21-7-9-22(29-3)10-8-21/h4-10,17H,11-16,18H2,1-3H3,(H,24,28). The number of methoxy groups -OCH3 is 1. The summed E-state index contributed by atoms with van der Waals surface area (Å²) in [6.07, 6.45) is 0. The number of amides is 1. The van der Waals surface area contributed by atoms with Crippen LogP contribution in [0, 0.1) is 0 Å². The maximum absolute atomic E-state index is 12.4. The van der Waals surface area contributed by atoms with E-state index in [-0.39, 0.29) is 5.91 Å². The van der Waals surface area contributed by atoms with Crippen molar-refractivity contribution in [2.24, 2.45) is 0 Å². The Hall–Kier alpha value is -2.57. The van der Waals surface area contributed by atoms with Crippen LogP contribution in [-0.2, 0) is 6.54 Å². The first kappa shape index (κ1) is 21.1. The molecule has 1 aliphatic rings. The fraction of sp³-hybridized carbons (Fsp3) is 0.435. The molecule has 0 aromatic heterocycles. The van der Waals surface area contributed by atoms with Gasteiger partial charge < -0.3 is 19.9 Å². The lowest BCUT2D eigenvalue weighted by atomic mass is 10.1. The molecule has 6 nitrogen and oxygen atoms in total. The van der Waals surface area contributed by atoms with Crippen LogP contribution in [0.25, 0.3) is 0 Å². The third-order valence-corrected chi connectivity index (χ3v) is 5.25. The Morgan fingerprint density at radius 2 is 1.79 bits per heavy atom. The van der Waals surface area contributed by atoms with Crippen molar-refractivity contribution in [3.05, 3.63) is 59.7 Å². The number of ether oxygens (including phenoxy) is 1. The molecular formula is C23H32N4O2. The molecule has 0 radical (unpaired) electrons. The van der Waals surface area contributed by atoms with Crippen molar-refractivity contribution in [3.63, 3.8) is 0 Å². The second-order valence-corrected chi connectivity index (χ2v) is 7.72. The predicted molar refractivity (Wildman–Crippen MR) is 118 cm³/mol. The first-order chi connectivity index (χ1) is 14.0. The van der Waals surface area contributed by atoms with Crippen LogP contribution in [0.5, 0.6) is 5.75 Å². The molecule has 29 heavy (non-hydrogen) atoms. The van der Waals surface area contributed by atoms with Gasteiger partial charge in [-0.25, -0.2) is 0 Å². The molecule has 1 heterocycles. The van der Waals surface area contributed by atoms with E-state index in [1.807, 2.05) is 44.4 Å². The molecule has 1 saturated heterocycles. The SMILES string of the molecule is COc1ccc(N2CCN(Cc3cccc(C(=O)NCCN(C)C)c3)CC2)cc1. The van der Waals surface area contributed by atoms with E-state index in [1.165, 1.54) is 11.3 Å². The lowest BCUT2D eigenvalue weighted by Gasteiger charge is -2.36. The number of anilines is 1. The highest BCUT2D eigenvalue weighted by Gasteiger charge is 2.18. The zero-order chi connectivity index (χ0) is 20.6. The summed E-state index contributed by atoms with van der Waals surface area (Å²) >= 11 is 0. The van der Waals surface area contributed by atoms with Crippen LogP contribution in [0.3, 0.4) is 0 Å². The van der Waals surface area contributed by atoms with E-state index in [4.69, 9.17) is 4.74 Å². The minimum absolute atomic E-state index is 0.00183. The molecule has 0 bridgehead atoms. The molecule has 1 fully saturated rings.